The summed E-state index contributed by atoms with van der Waals surface area (Å²) in [6.07, 6.45) is -0.201. The largest absolute Gasteiger partial charge is 0.481 e. The van der Waals surface area contributed by atoms with Crippen LogP contribution in [0, 0.1) is 0 Å². The number of carbonyl (C=O) groups is 2. The van der Waals surface area contributed by atoms with Crippen LogP contribution in [0.1, 0.15) is 35.8 Å². The van der Waals surface area contributed by atoms with Gasteiger partial charge in [0.1, 0.15) is 0 Å². The van der Waals surface area contributed by atoms with E-state index in [4.69, 9.17) is 0 Å². The molecule has 4 nitrogen and oxygen atoms in total. The normalized spacial score (nSPS) is 13.3. The van der Waals surface area contributed by atoms with Gasteiger partial charge < -0.3 is 10.2 Å². The molecule has 4 heteroatoms. The maximum absolute atomic E-state index is 11.3. The molecule has 0 saturated heterocycles. The summed E-state index contributed by atoms with van der Waals surface area (Å²) in [6, 6.07) is 18.5. The molecule has 0 bridgehead atoms. The molecular formula is C18H18O4. The van der Waals surface area contributed by atoms with Crippen molar-refractivity contribution in [1.82, 2.24) is 0 Å². The number of carboxylic acid groups (broad SMARTS) is 2. The number of hydrogen-bond donors (Lipinski definition) is 2. The highest BCUT2D eigenvalue weighted by molar-refractivity contribution is 5.71. The molecule has 22 heavy (non-hydrogen) atoms. The molecule has 0 fully saturated rings. The fourth-order valence-corrected chi connectivity index (χ4v) is 2.76. The average Bonchev–Trinajstić information content (AvgIpc) is 2.52. The zero-order chi connectivity index (χ0) is 15.9. The maximum atomic E-state index is 11.3. The topological polar surface area (TPSA) is 74.6 Å². The van der Waals surface area contributed by atoms with Crippen LogP contribution in [0.25, 0.3) is 0 Å². The zero-order valence-corrected chi connectivity index (χ0v) is 12.1. The molecule has 114 valence electrons. The third-order valence-corrected chi connectivity index (χ3v) is 3.73. The highest BCUT2D eigenvalue weighted by Crippen LogP contribution is 2.38. The molecule has 0 aliphatic heterocycles. The van der Waals surface area contributed by atoms with Crippen molar-refractivity contribution in [3.63, 3.8) is 0 Å². The van der Waals surface area contributed by atoms with E-state index in [1.54, 1.807) is 0 Å². The predicted octanol–water partition coefficient (Wildman–Crippen LogP) is 3.50. The summed E-state index contributed by atoms with van der Waals surface area (Å²) in [6.45, 7) is 0. The van der Waals surface area contributed by atoms with E-state index in [1.807, 2.05) is 60.7 Å². The summed E-state index contributed by atoms with van der Waals surface area (Å²) in [7, 11) is 0. The number of aliphatic carboxylic acids is 2. The van der Waals surface area contributed by atoms with Gasteiger partial charge in [-0.2, -0.15) is 0 Å². The van der Waals surface area contributed by atoms with Gasteiger partial charge in [0.15, 0.2) is 0 Å². The molecule has 2 rings (SSSR count). The van der Waals surface area contributed by atoms with E-state index >= 15 is 0 Å². The highest BCUT2D eigenvalue weighted by Gasteiger charge is 2.28. The Hall–Kier alpha value is -2.62. The van der Waals surface area contributed by atoms with E-state index in [2.05, 4.69) is 0 Å². The van der Waals surface area contributed by atoms with Gasteiger partial charge in [0.2, 0.25) is 0 Å². The number of carboxylic acids is 2. The van der Waals surface area contributed by atoms with E-state index in [9.17, 15) is 19.8 Å². The molecule has 2 atom stereocenters. The fourth-order valence-electron chi connectivity index (χ4n) is 2.76. The first-order chi connectivity index (χ1) is 10.6. The summed E-state index contributed by atoms with van der Waals surface area (Å²) < 4.78 is 0. The quantitative estimate of drug-likeness (QED) is 0.820. The molecule has 2 aromatic carbocycles. The van der Waals surface area contributed by atoms with Crippen LogP contribution < -0.4 is 0 Å². The standard InChI is InChI=1S/C18H18O4/c19-17(20)11-15(13-7-3-1-4-8-13)16(12-18(21)22)14-9-5-2-6-10-14/h1-10,15-16H,11-12H2,(H,19,20)(H,21,22)/t15-,16-/m0/s1. The second kappa shape index (κ2) is 7.41. The maximum Gasteiger partial charge on any atom is 0.303 e. The third-order valence-electron chi connectivity index (χ3n) is 3.73. The van der Waals surface area contributed by atoms with Crippen LogP contribution in [0.5, 0.6) is 0 Å². The Morgan fingerprint density at radius 1 is 0.682 bits per heavy atom. The van der Waals surface area contributed by atoms with Crippen LogP contribution in [0.3, 0.4) is 0 Å². The summed E-state index contributed by atoms with van der Waals surface area (Å²) in [5, 5.41) is 18.5. The Labute approximate surface area is 129 Å². The molecule has 0 aliphatic rings. The molecule has 2 N–H and O–H groups in total. The van der Waals surface area contributed by atoms with Gasteiger partial charge in [-0.25, -0.2) is 0 Å². The minimum absolute atomic E-state index is 0.100. The second-order valence-electron chi connectivity index (χ2n) is 5.23. The number of hydrogen-bond acceptors (Lipinski definition) is 2. The van der Waals surface area contributed by atoms with Gasteiger partial charge >= 0.3 is 11.9 Å². The van der Waals surface area contributed by atoms with Gasteiger partial charge in [-0.05, 0) is 11.1 Å². The smallest absolute Gasteiger partial charge is 0.303 e. The van der Waals surface area contributed by atoms with Gasteiger partial charge in [0.05, 0.1) is 12.8 Å². The van der Waals surface area contributed by atoms with Crippen molar-refractivity contribution in [3.05, 3.63) is 71.8 Å². The van der Waals surface area contributed by atoms with Crippen molar-refractivity contribution in [2.24, 2.45) is 0 Å². The molecule has 0 aliphatic carbocycles. The predicted molar refractivity (Wildman–Crippen MR) is 82.9 cm³/mol. The van der Waals surface area contributed by atoms with Crippen molar-refractivity contribution < 1.29 is 19.8 Å². The Morgan fingerprint density at radius 2 is 1.00 bits per heavy atom. The fraction of sp³-hybridized carbons (Fsp3) is 0.222. The molecule has 0 unspecified atom stereocenters. The Balaban J connectivity index is 2.43. The SMILES string of the molecule is O=C(O)C[C@@H](c1ccccc1)[C@@H](CC(=O)O)c1ccccc1. The monoisotopic (exact) mass is 298 g/mol. The minimum Gasteiger partial charge on any atom is -0.481 e. The van der Waals surface area contributed by atoms with Crippen LogP contribution in [-0.4, -0.2) is 22.2 Å². The molecule has 0 saturated carbocycles. The van der Waals surface area contributed by atoms with E-state index in [0.29, 0.717) is 0 Å². The Bertz CT molecular complexity index is 565. The molecule has 0 amide bonds. The van der Waals surface area contributed by atoms with Gasteiger partial charge in [-0.3, -0.25) is 9.59 Å². The molecule has 0 radical (unpaired) electrons. The van der Waals surface area contributed by atoms with Crippen molar-refractivity contribution in [2.45, 2.75) is 24.7 Å². The lowest BCUT2D eigenvalue weighted by Crippen LogP contribution is -2.18. The van der Waals surface area contributed by atoms with Gasteiger partial charge in [0.25, 0.3) is 0 Å². The highest BCUT2D eigenvalue weighted by atomic mass is 16.4. The van der Waals surface area contributed by atoms with Crippen LogP contribution in [0.15, 0.2) is 60.7 Å². The van der Waals surface area contributed by atoms with E-state index in [1.165, 1.54) is 0 Å². The van der Waals surface area contributed by atoms with Crippen molar-refractivity contribution in [2.75, 3.05) is 0 Å². The lowest BCUT2D eigenvalue weighted by molar-refractivity contribution is -0.140. The third kappa shape index (κ3) is 4.19. The molecule has 0 spiro atoms. The first-order valence-electron chi connectivity index (χ1n) is 7.11. The van der Waals surface area contributed by atoms with Crippen LogP contribution >= 0.6 is 0 Å². The summed E-state index contributed by atoms with van der Waals surface area (Å²) >= 11 is 0. The van der Waals surface area contributed by atoms with Crippen molar-refractivity contribution >= 4 is 11.9 Å². The molecule has 2 aromatic rings. The summed E-state index contributed by atoms with van der Waals surface area (Å²) in [5.74, 6) is -2.62. The molecule has 0 heterocycles. The number of benzene rings is 2. The van der Waals surface area contributed by atoms with E-state index < -0.39 is 11.9 Å². The minimum atomic E-state index is -0.930. The number of rotatable bonds is 7. The lowest BCUT2D eigenvalue weighted by Gasteiger charge is -2.26. The Morgan fingerprint density at radius 3 is 1.27 bits per heavy atom. The van der Waals surface area contributed by atoms with Gasteiger partial charge in [0, 0.05) is 11.8 Å². The zero-order valence-electron chi connectivity index (χ0n) is 12.1. The Kier molecular flexibility index (Phi) is 5.31. The van der Waals surface area contributed by atoms with Crippen molar-refractivity contribution in [1.29, 1.82) is 0 Å². The summed E-state index contributed by atoms with van der Waals surface area (Å²) in [4.78, 5) is 22.5. The van der Waals surface area contributed by atoms with Crippen LogP contribution in [0.4, 0.5) is 0 Å². The molecular weight excluding hydrogens is 280 g/mol. The van der Waals surface area contributed by atoms with Crippen molar-refractivity contribution in [3.8, 4) is 0 Å². The van der Waals surface area contributed by atoms with E-state index in [0.717, 1.165) is 11.1 Å². The van der Waals surface area contributed by atoms with Crippen LogP contribution in [0.2, 0.25) is 0 Å². The first-order valence-corrected chi connectivity index (χ1v) is 7.11. The lowest BCUT2D eigenvalue weighted by atomic mass is 9.77. The first kappa shape index (κ1) is 15.8. The van der Waals surface area contributed by atoms with Gasteiger partial charge in [-0.1, -0.05) is 60.7 Å². The molecule has 0 aromatic heterocycles. The summed E-state index contributed by atoms with van der Waals surface area (Å²) in [5.41, 5.74) is 1.69. The van der Waals surface area contributed by atoms with Gasteiger partial charge in [-0.15, -0.1) is 0 Å². The average molecular weight is 298 g/mol. The van der Waals surface area contributed by atoms with Crippen LogP contribution in [-0.2, 0) is 9.59 Å². The van der Waals surface area contributed by atoms with E-state index in [-0.39, 0.29) is 24.7 Å². The second-order valence-corrected chi connectivity index (χ2v) is 5.23.